The van der Waals surface area contributed by atoms with Crippen LogP contribution in [0.2, 0.25) is 0 Å². The Labute approximate surface area is 84.5 Å². The molecular formula is C11H17NO2. The van der Waals surface area contributed by atoms with Crippen LogP contribution < -0.4 is 10.5 Å². The van der Waals surface area contributed by atoms with Crippen molar-refractivity contribution in [3.63, 3.8) is 0 Å². The average molecular weight is 195 g/mol. The van der Waals surface area contributed by atoms with Crippen molar-refractivity contribution in [3.8, 4) is 11.5 Å². The predicted octanol–water partition coefficient (Wildman–Crippen LogP) is 1.77. The quantitative estimate of drug-likeness (QED) is 0.772. The number of rotatable bonds is 3. The van der Waals surface area contributed by atoms with Gasteiger partial charge in [-0.25, -0.2) is 0 Å². The lowest BCUT2D eigenvalue weighted by Crippen LogP contribution is -2.10. The largest absolute Gasteiger partial charge is 0.504 e. The first kappa shape index (κ1) is 10.9. The van der Waals surface area contributed by atoms with Crippen molar-refractivity contribution < 1.29 is 9.84 Å². The topological polar surface area (TPSA) is 55.5 Å². The first-order chi connectivity index (χ1) is 6.61. The Kier molecular flexibility index (Phi) is 3.36. The molecule has 0 radical (unpaired) electrons. The van der Waals surface area contributed by atoms with E-state index in [0.717, 1.165) is 11.1 Å². The van der Waals surface area contributed by atoms with Crippen molar-refractivity contribution in [1.29, 1.82) is 0 Å². The van der Waals surface area contributed by atoms with E-state index < -0.39 is 0 Å². The van der Waals surface area contributed by atoms with Gasteiger partial charge in [-0.1, -0.05) is 19.1 Å². The number of phenolic OH excluding ortho intramolecular Hbond substituents is 1. The van der Waals surface area contributed by atoms with Crippen LogP contribution in [0.1, 0.15) is 24.0 Å². The highest BCUT2D eigenvalue weighted by atomic mass is 16.5. The molecule has 0 saturated carbocycles. The molecule has 0 heterocycles. The maximum Gasteiger partial charge on any atom is 0.164 e. The highest BCUT2D eigenvalue weighted by Gasteiger charge is 2.14. The maximum atomic E-state index is 9.76. The van der Waals surface area contributed by atoms with Crippen LogP contribution in [-0.4, -0.2) is 18.8 Å². The van der Waals surface area contributed by atoms with E-state index in [9.17, 15) is 5.11 Å². The minimum Gasteiger partial charge on any atom is -0.504 e. The van der Waals surface area contributed by atoms with Crippen molar-refractivity contribution in [2.24, 2.45) is 5.73 Å². The van der Waals surface area contributed by atoms with Crippen molar-refractivity contribution in [2.45, 2.75) is 19.8 Å². The van der Waals surface area contributed by atoms with Gasteiger partial charge in [0.1, 0.15) is 0 Å². The Morgan fingerprint density at radius 3 is 2.64 bits per heavy atom. The molecular weight excluding hydrogens is 178 g/mol. The minimum absolute atomic E-state index is 0.191. The van der Waals surface area contributed by atoms with Gasteiger partial charge in [0.2, 0.25) is 0 Å². The summed E-state index contributed by atoms with van der Waals surface area (Å²) in [7, 11) is 1.56. The number of nitrogens with two attached hydrogens (primary N) is 1. The SMILES string of the molecule is COc1c(C(C)CN)ccc(C)c1O. The third-order valence-corrected chi connectivity index (χ3v) is 2.45. The minimum atomic E-state index is 0.191. The molecule has 0 spiro atoms. The Hall–Kier alpha value is -1.22. The fraction of sp³-hybridized carbons (Fsp3) is 0.455. The highest BCUT2D eigenvalue weighted by molar-refractivity contribution is 5.51. The van der Waals surface area contributed by atoms with Crippen molar-refractivity contribution in [1.82, 2.24) is 0 Å². The zero-order valence-electron chi connectivity index (χ0n) is 8.87. The molecule has 3 nitrogen and oxygen atoms in total. The summed E-state index contributed by atoms with van der Waals surface area (Å²) in [6.45, 7) is 4.39. The number of ether oxygens (including phenoxy) is 1. The Balaban J connectivity index is 3.23. The third-order valence-electron chi connectivity index (χ3n) is 2.45. The van der Waals surface area contributed by atoms with E-state index in [1.54, 1.807) is 7.11 Å². The zero-order valence-corrected chi connectivity index (χ0v) is 8.87. The van der Waals surface area contributed by atoms with Crippen LogP contribution in [0, 0.1) is 6.92 Å². The van der Waals surface area contributed by atoms with E-state index in [4.69, 9.17) is 10.5 Å². The summed E-state index contributed by atoms with van der Waals surface area (Å²) in [5, 5.41) is 9.76. The van der Waals surface area contributed by atoms with Gasteiger partial charge >= 0.3 is 0 Å². The van der Waals surface area contributed by atoms with Crippen LogP contribution in [-0.2, 0) is 0 Å². The molecule has 0 saturated heterocycles. The number of phenols is 1. The molecule has 1 aromatic carbocycles. The van der Waals surface area contributed by atoms with Gasteiger partial charge in [-0.05, 0) is 24.9 Å². The molecule has 0 fully saturated rings. The fourth-order valence-electron chi connectivity index (χ4n) is 1.41. The summed E-state index contributed by atoms with van der Waals surface area (Å²) in [6.07, 6.45) is 0. The van der Waals surface area contributed by atoms with Gasteiger partial charge in [0.25, 0.3) is 0 Å². The van der Waals surface area contributed by atoms with Gasteiger partial charge in [0, 0.05) is 5.56 Å². The maximum absolute atomic E-state index is 9.76. The Morgan fingerprint density at radius 1 is 1.50 bits per heavy atom. The summed E-state index contributed by atoms with van der Waals surface area (Å²) >= 11 is 0. The molecule has 1 atom stereocenters. The van der Waals surface area contributed by atoms with Crippen LogP contribution in [0.25, 0.3) is 0 Å². The normalized spacial score (nSPS) is 12.6. The van der Waals surface area contributed by atoms with Gasteiger partial charge in [-0.2, -0.15) is 0 Å². The smallest absolute Gasteiger partial charge is 0.164 e. The fourth-order valence-corrected chi connectivity index (χ4v) is 1.41. The molecule has 0 aromatic heterocycles. The molecule has 3 heteroatoms. The second kappa shape index (κ2) is 4.33. The summed E-state index contributed by atoms with van der Waals surface area (Å²) in [6, 6.07) is 3.82. The lowest BCUT2D eigenvalue weighted by atomic mass is 9.98. The zero-order chi connectivity index (χ0) is 10.7. The number of methoxy groups -OCH3 is 1. The van der Waals surface area contributed by atoms with Crippen LogP contribution in [0.15, 0.2) is 12.1 Å². The van der Waals surface area contributed by atoms with Gasteiger partial charge in [0.15, 0.2) is 11.5 Å². The Morgan fingerprint density at radius 2 is 2.14 bits per heavy atom. The van der Waals surface area contributed by atoms with Crippen LogP contribution in [0.3, 0.4) is 0 Å². The molecule has 0 amide bonds. The number of benzene rings is 1. The summed E-state index contributed by atoms with van der Waals surface area (Å²) < 4.78 is 5.17. The van der Waals surface area contributed by atoms with E-state index in [0.29, 0.717) is 12.3 Å². The van der Waals surface area contributed by atoms with Crippen molar-refractivity contribution in [2.75, 3.05) is 13.7 Å². The number of aromatic hydroxyl groups is 1. The van der Waals surface area contributed by atoms with E-state index in [1.807, 2.05) is 26.0 Å². The Bertz CT molecular complexity index is 323. The monoisotopic (exact) mass is 195 g/mol. The van der Waals surface area contributed by atoms with Crippen molar-refractivity contribution >= 4 is 0 Å². The van der Waals surface area contributed by atoms with E-state index in [-0.39, 0.29) is 11.7 Å². The standard InChI is InChI=1S/C11H17NO2/c1-7-4-5-9(8(2)6-12)11(14-3)10(7)13/h4-5,8,13H,6,12H2,1-3H3. The molecule has 3 N–H and O–H groups in total. The van der Waals surface area contributed by atoms with Crippen LogP contribution >= 0.6 is 0 Å². The van der Waals surface area contributed by atoms with Gasteiger partial charge in [-0.15, -0.1) is 0 Å². The van der Waals surface area contributed by atoms with Crippen LogP contribution in [0.5, 0.6) is 11.5 Å². The lowest BCUT2D eigenvalue weighted by molar-refractivity contribution is 0.365. The molecule has 0 aliphatic carbocycles. The molecule has 1 aromatic rings. The second-order valence-corrected chi connectivity index (χ2v) is 3.49. The van der Waals surface area contributed by atoms with Gasteiger partial charge in [0.05, 0.1) is 7.11 Å². The van der Waals surface area contributed by atoms with Gasteiger partial charge < -0.3 is 15.6 Å². The number of hydrogen-bond donors (Lipinski definition) is 2. The van der Waals surface area contributed by atoms with Crippen LogP contribution in [0.4, 0.5) is 0 Å². The lowest BCUT2D eigenvalue weighted by Gasteiger charge is -2.16. The summed E-state index contributed by atoms with van der Waals surface area (Å²) in [4.78, 5) is 0. The van der Waals surface area contributed by atoms with E-state index in [2.05, 4.69) is 0 Å². The average Bonchev–Trinajstić information content (AvgIpc) is 2.20. The van der Waals surface area contributed by atoms with E-state index in [1.165, 1.54) is 0 Å². The predicted molar refractivity (Wildman–Crippen MR) is 56.9 cm³/mol. The van der Waals surface area contributed by atoms with E-state index >= 15 is 0 Å². The third kappa shape index (κ3) is 1.82. The second-order valence-electron chi connectivity index (χ2n) is 3.49. The van der Waals surface area contributed by atoms with Crippen molar-refractivity contribution in [3.05, 3.63) is 23.3 Å². The molecule has 0 bridgehead atoms. The first-order valence-corrected chi connectivity index (χ1v) is 4.68. The number of aryl methyl sites for hydroxylation is 1. The molecule has 1 unspecified atom stereocenters. The molecule has 0 aliphatic rings. The summed E-state index contributed by atoms with van der Waals surface area (Å²) in [5.41, 5.74) is 7.35. The number of hydrogen-bond acceptors (Lipinski definition) is 3. The molecule has 78 valence electrons. The highest BCUT2D eigenvalue weighted by Crippen LogP contribution is 2.36. The molecule has 1 rings (SSSR count). The van der Waals surface area contributed by atoms with Gasteiger partial charge in [-0.3, -0.25) is 0 Å². The molecule has 14 heavy (non-hydrogen) atoms. The molecule has 0 aliphatic heterocycles. The first-order valence-electron chi connectivity index (χ1n) is 4.68. The summed E-state index contributed by atoms with van der Waals surface area (Å²) in [5.74, 6) is 0.949.